The minimum atomic E-state index is 0. The van der Waals surface area contributed by atoms with E-state index in [0.717, 1.165) is 75.5 Å². The highest BCUT2D eigenvalue weighted by molar-refractivity contribution is 5.73. The molecule has 12 heteroatoms. The molecule has 0 aliphatic carbocycles. The molecule has 0 aliphatic heterocycles. The van der Waals surface area contributed by atoms with Crippen molar-refractivity contribution in [2.45, 2.75) is 293 Å². The number of hydrogen-bond donors (Lipinski definition) is 0. The zero-order valence-corrected chi connectivity index (χ0v) is 40.9. The summed E-state index contributed by atoms with van der Waals surface area (Å²) in [5, 5.41) is 23.2. The van der Waals surface area contributed by atoms with E-state index in [-0.39, 0.29) is 117 Å². The predicted molar refractivity (Wildman–Crippen MR) is 353 cm³/mol. The normalized spacial score (nSPS) is 7.86. The van der Waals surface area contributed by atoms with Crippen molar-refractivity contribution in [3.63, 3.8) is 0 Å². The molecule has 0 radical (unpaired) electrons. The van der Waals surface area contributed by atoms with Crippen molar-refractivity contribution in [3.05, 3.63) is 84.3 Å². The van der Waals surface area contributed by atoms with Crippen molar-refractivity contribution in [2.75, 3.05) is 27.2 Å². The van der Waals surface area contributed by atoms with Crippen molar-refractivity contribution in [1.82, 2.24) is 54.8 Å². The fraction of sp³-hybridized carbons (Fsp3) is 0.754. The van der Waals surface area contributed by atoms with Crippen LogP contribution in [0, 0.1) is 6.92 Å². The standard InChI is InChI=1S/C7H16N2O.2C6H11N3.2C6H12.C5H9N3.2C5H10.15CH4/c1-5-8(3)7(10)9(4)6-2;2*1-3-6-5-9(4-2)8-7-6;2*1-3-5-6-4-2;1-3-8-4-5(2)6-7-8;2*1-3-5-4-2;;;;;;;;;;;;;;;/h5-6H2,1-4H3;2*5H,3-4H2,1-2H3;2*5-6H,3-4H2,1-2H3;4H,3H2,1-2H3;2*3,5H,4H2,1-2H3;15*1H4/b;;;6-5+;6-5-;;5-3+;5-3-;;;;;;;;;;;;;;;. The lowest BCUT2D eigenvalue weighted by Gasteiger charge is -2.22. The Morgan fingerprint density at radius 2 is 0.644 bits per heavy atom. The molecule has 12 nitrogen and oxygen atoms in total. The molecule has 73 heavy (non-hydrogen) atoms. The molecule has 0 fully saturated rings. The van der Waals surface area contributed by atoms with Gasteiger partial charge in [0, 0.05) is 65.4 Å². The van der Waals surface area contributed by atoms with Crippen LogP contribution in [-0.4, -0.2) is 88.0 Å². The van der Waals surface area contributed by atoms with Gasteiger partial charge >= 0.3 is 6.03 Å². The number of aromatic nitrogens is 9. The summed E-state index contributed by atoms with van der Waals surface area (Å²) in [5.74, 6) is 0. The monoisotopic (exact) mass is 1050 g/mol. The van der Waals surface area contributed by atoms with Gasteiger partial charge in [0.25, 0.3) is 0 Å². The molecule has 0 atom stereocenters. The minimum Gasteiger partial charge on any atom is -0.328 e. The van der Waals surface area contributed by atoms with E-state index in [1.54, 1.807) is 28.6 Å². The molecular formula is C61H151N11O. The molecule has 0 saturated heterocycles. The Bertz CT molecular complexity index is 1230. The summed E-state index contributed by atoms with van der Waals surface area (Å²) in [4.78, 5) is 14.5. The highest BCUT2D eigenvalue weighted by Gasteiger charge is 2.09. The zero-order valence-electron chi connectivity index (χ0n) is 40.9. The molecular weight excluding hydrogens is 903 g/mol. The van der Waals surface area contributed by atoms with Gasteiger partial charge in [-0.15, -0.1) is 15.3 Å². The summed E-state index contributed by atoms with van der Waals surface area (Å²) in [7, 11) is 3.60. The number of urea groups is 1. The van der Waals surface area contributed by atoms with Crippen LogP contribution in [0.4, 0.5) is 4.79 Å². The molecule has 0 bridgehead atoms. The summed E-state index contributed by atoms with van der Waals surface area (Å²) in [6.45, 7) is 37.3. The smallest absolute Gasteiger partial charge is 0.319 e. The average Bonchev–Trinajstić information content (AvgIpc) is 4.04. The van der Waals surface area contributed by atoms with E-state index >= 15 is 0 Å². The highest BCUT2D eigenvalue weighted by atomic mass is 16.2. The van der Waals surface area contributed by atoms with Gasteiger partial charge < -0.3 is 9.80 Å². The van der Waals surface area contributed by atoms with Gasteiger partial charge in [-0.05, 0) is 107 Å². The van der Waals surface area contributed by atoms with Crippen molar-refractivity contribution >= 4 is 6.03 Å². The van der Waals surface area contributed by atoms with Gasteiger partial charge in [0.15, 0.2) is 0 Å². The first-order valence-electron chi connectivity index (χ1n) is 22.0. The maximum absolute atomic E-state index is 11.2. The summed E-state index contributed by atoms with van der Waals surface area (Å²) < 4.78 is 5.47. The molecule has 3 aromatic rings. The van der Waals surface area contributed by atoms with Crippen LogP contribution in [0.15, 0.2) is 67.2 Å². The van der Waals surface area contributed by atoms with E-state index in [1.807, 2.05) is 83.3 Å². The van der Waals surface area contributed by atoms with Gasteiger partial charge in [0.05, 0.1) is 17.1 Å². The van der Waals surface area contributed by atoms with Crippen molar-refractivity contribution < 1.29 is 4.79 Å². The molecule has 0 unspecified atom stereocenters. The van der Waals surface area contributed by atoms with Crippen molar-refractivity contribution in [3.8, 4) is 0 Å². The van der Waals surface area contributed by atoms with Crippen LogP contribution in [0.5, 0.6) is 0 Å². The molecule has 0 N–H and O–H groups in total. The summed E-state index contributed by atoms with van der Waals surface area (Å²) >= 11 is 0. The highest BCUT2D eigenvalue weighted by Crippen LogP contribution is 1.93. The molecule has 2 amide bonds. The fourth-order valence-electron chi connectivity index (χ4n) is 3.56. The van der Waals surface area contributed by atoms with E-state index in [2.05, 4.69) is 135 Å². The fourth-order valence-corrected chi connectivity index (χ4v) is 3.56. The number of allylic oxidation sites excluding steroid dienone is 8. The van der Waals surface area contributed by atoms with E-state index in [4.69, 9.17) is 0 Å². The van der Waals surface area contributed by atoms with E-state index in [0.29, 0.717) is 0 Å². The molecule has 3 heterocycles. The SMILES string of the molecule is C.C.C.C.C.C.C.C.C.C.C.C.C.C.C.C/C=C/CC.C/C=C\CC.CC/C=C/CC.CC/C=C\CC.CCN(C)C(=O)N(C)CC.CCc1cn(CC)nn1.CCc1cn(CC)nn1.CCn1cc(C)nn1. The van der Waals surface area contributed by atoms with Crippen LogP contribution < -0.4 is 0 Å². The molecule has 0 aliphatic rings. The minimum absolute atomic E-state index is 0. The first-order chi connectivity index (χ1) is 27.8. The molecule has 0 spiro atoms. The molecule has 0 saturated carbocycles. The van der Waals surface area contributed by atoms with Gasteiger partial charge in [0.2, 0.25) is 0 Å². The second kappa shape index (κ2) is 108. The Kier molecular flexibility index (Phi) is 197. The molecule has 3 rings (SSSR count). The van der Waals surface area contributed by atoms with Crippen LogP contribution in [0.1, 0.15) is 271 Å². The van der Waals surface area contributed by atoms with Gasteiger partial charge in [-0.3, -0.25) is 14.0 Å². The molecule has 0 aromatic carbocycles. The lowest BCUT2D eigenvalue weighted by Crippen LogP contribution is -2.38. The quantitative estimate of drug-likeness (QED) is 0.157. The predicted octanol–water partition coefficient (Wildman–Crippen LogP) is 21.5. The second-order valence-corrected chi connectivity index (χ2v) is 12.4. The van der Waals surface area contributed by atoms with Crippen LogP contribution in [-0.2, 0) is 32.5 Å². The number of aryl methyl sites for hydroxylation is 6. The maximum Gasteiger partial charge on any atom is 0.319 e. The van der Waals surface area contributed by atoms with Crippen LogP contribution in [0.2, 0.25) is 0 Å². The summed E-state index contributed by atoms with van der Waals surface area (Å²) in [6.07, 6.45) is 31.9. The number of hydrogen-bond acceptors (Lipinski definition) is 7. The Hall–Kier alpha value is -4.35. The number of carbonyl (C=O) groups excluding carboxylic acids is 1. The maximum atomic E-state index is 11.2. The third-order valence-electron chi connectivity index (χ3n) is 7.34. The van der Waals surface area contributed by atoms with Gasteiger partial charge in [0.1, 0.15) is 0 Å². The summed E-state index contributed by atoms with van der Waals surface area (Å²) in [6, 6.07) is 0.0880. The van der Waals surface area contributed by atoms with Crippen LogP contribution in [0.3, 0.4) is 0 Å². The topological polar surface area (TPSA) is 116 Å². The number of carbonyl (C=O) groups is 1. The van der Waals surface area contributed by atoms with Crippen molar-refractivity contribution in [2.24, 2.45) is 0 Å². The van der Waals surface area contributed by atoms with E-state index < -0.39 is 0 Å². The first kappa shape index (κ1) is 133. The van der Waals surface area contributed by atoms with Gasteiger partial charge in [-0.1, -0.05) is 231 Å². The Morgan fingerprint density at radius 3 is 0.753 bits per heavy atom. The average molecular weight is 1050 g/mol. The third-order valence-corrected chi connectivity index (χ3v) is 7.34. The second-order valence-electron chi connectivity index (χ2n) is 12.4. The van der Waals surface area contributed by atoms with Gasteiger partial charge in [-0.2, -0.15) is 0 Å². The van der Waals surface area contributed by atoms with Crippen LogP contribution in [0.25, 0.3) is 0 Å². The lowest BCUT2D eigenvalue weighted by molar-refractivity contribution is 0.177. The van der Waals surface area contributed by atoms with E-state index in [9.17, 15) is 4.79 Å². The Labute approximate surface area is 468 Å². The Morgan fingerprint density at radius 1 is 0.411 bits per heavy atom. The third kappa shape index (κ3) is 97.6. The summed E-state index contributed by atoms with van der Waals surface area (Å²) in [5.41, 5.74) is 3.11. The first-order valence-corrected chi connectivity index (χ1v) is 22.0. The Balaban J connectivity index is -0.0000000240. The number of nitrogens with zero attached hydrogens (tertiary/aromatic N) is 11. The largest absolute Gasteiger partial charge is 0.328 e. The number of rotatable bonds is 13. The molecule has 456 valence electrons. The van der Waals surface area contributed by atoms with Crippen LogP contribution >= 0.6 is 0 Å². The van der Waals surface area contributed by atoms with E-state index in [1.165, 1.54) is 25.7 Å². The lowest BCUT2D eigenvalue weighted by atomic mass is 10.4. The number of amides is 2. The van der Waals surface area contributed by atoms with Gasteiger partial charge in [-0.25, -0.2) is 4.79 Å². The molecule has 3 aromatic heterocycles. The zero-order chi connectivity index (χ0) is 45.4. The van der Waals surface area contributed by atoms with Crippen molar-refractivity contribution in [1.29, 1.82) is 0 Å².